The van der Waals surface area contributed by atoms with E-state index in [9.17, 15) is 4.79 Å². The maximum atomic E-state index is 11.3. The molecule has 4 atom stereocenters. The van der Waals surface area contributed by atoms with Crippen LogP contribution in [0.15, 0.2) is 0 Å². The Bertz CT molecular complexity index is 277. The third-order valence-corrected chi connectivity index (χ3v) is 4.38. The molecule has 0 aromatic rings. The van der Waals surface area contributed by atoms with Gasteiger partial charge in [-0.3, -0.25) is 4.79 Å². The first kappa shape index (κ1) is 13.8. The van der Waals surface area contributed by atoms with Crippen molar-refractivity contribution >= 4 is 5.97 Å². The first-order chi connectivity index (χ1) is 8.70. The van der Waals surface area contributed by atoms with Gasteiger partial charge < -0.3 is 15.4 Å². The van der Waals surface area contributed by atoms with Crippen molar-refractivity contribution in [1.82, 2.24) is 10.6 Å². The average Bonchev–Trinajstić information content (AvgIpc) is 2.98. The minimum Gasteiger partial charge on any atom is -0.469 e. The van der Waals surface area contributed by atoms with Gasteiger partial charge in [0.25, 0.3) is 0 Å². The lowest BCUT2D eigenvalue weighted by Crippen LogP contribution is -2.45. The average molecular weight is 254 g/mol. The van der Waals surface area contributed by atoms with Crippen molar-refractivity contribution in [2.75, 3.05) is 13.7 Å². The first-order valence-corrected chi connectivity index (χ1v) is 7.27. The van der Waals surface area contributed by atoms with Gasteiger partial charge in [0.05, 0.1) is 13.5 Å². The molecule has 0 amide bonds. The number of esters is 1. The van der Waals surface area contributed by atoms with E-state index in [1.165, 1.54) is 45.8 Å². The molecule has 2 N–H and O–H groups in total. The second-order valence-corrected chi connectivity index (χ2v) is 5.75. The van der Waals surface area contributed by atoms with Crippen LogP contribution in [0.1, 0.15) is 45.4 Å². The summed E-state index contributed by atoms with van der Waals surface area (Å²) in [5.74, 6) is 0.621. The molecule has 2 fully saturated rings. The molecule has 104 valence electrons. The van der Waals surface area contributed by atoms with Crippen molar-refractivity contribution in [3.63, 3.8) is 0 Å². The molecule has 1 aliphatic heterocycles. The summed E-state index contributed by atoms with van der Waals surface area (Å²) in [4.78, 5) is 11.3. The molecule has 1 aliphatic carbocycles. The standard InChI is InChI=1S/C14H26N2O2/c1-10(9-14(17)18-2)16-13-6-3-5-11(13)12-7-4-8-15-12/h10-13,15-16H,3-9H2,1-2H3. The molecule has 4 heteroatoms. The number of carbonyl (C=O) groups excluding carboxylic acids is 1. The van der Waals surface area contributed by atoms with Crippen LogP contribution in [0.25, 0.3) is 0 Å². The van der Waals surface area contributed by atoms with Gasteiger partial charge in [-0.15, -0.1) is 0 Å². The van der Waals surface area contributed by atoms with E-state index in [1.807, 2.05) is 0 Å². The van der Waals surface area contributed by atoms with Crippen LogP contribution in [0.4, 0.5) is 0 Å². The summed E-state index contributed by atoms with van der Waals surface area (Å²) >= 11 is 0. The first-order valence-electron chi connectivity index (χ1n) is 7.27. The maximum Gasteiger partial charge on any atom is 0.307 e. The van der Waals surface area contributed by atoms with Gasteiger partial charge in [0.2, 0.25) is 0 Å². The Morgan fingerprint density at radius 2 is 2.22 bits per heavy atom. The summed E-state index contributed by atoms with van der Waals surface area (Å²) < 4.78 is 4.72. The van der Waals surface area contributed by atoms with Crippen molar-refractivity contribution in [3.8, 4) is 0 Å². The minimum absolute atomic E-state index is 0.122. The molecule has 0 radical (unpaired) electrons. The van der Waals surface area contributed by atoms with E-state index in [0.717, 1.165) is 5.92 Å². The van der Waals surface area contributed by atoms with E-state index in [4.69, 9.17) is 4.74 Å². The molecule has 4 unspecified atom stereocenters. The van der Waals surface area contributed by atoms with E-state index in [0.29, 0.717) is 18.5 Å². The number of carbonyl (C=O) groups is 1. The van der Waals surface area contributed by atoms with Crippen molar-refractivity contribution in [1.29, 1.82) is 0 Å². The Hall–Kier alpha value is -0.610. The highest BCUT2D eigenvalue weighted by molar-refractivity contribution is 5.69. The third kappa shape index (κ3) is 3.45. The van der Waals surface area contributed by atoms with Crippen molar-refractivity contribution in [2.45, 2.75) is 63.6 Å². The van der Waals surface area contributed by atoms with Gasteiger partial charge in [0.15, 0.2) is 0 Å². The van der Waals surface area contributed by atoms with Gasteiger partial charge in [0.1, 0.15) is 0 Å². The van der Waals surface area contributed by atoms with Gasteiger partial charge in [-0.2, -0.15) is 0 Å². The van der Waals surface area contributed by atoms with Gasteiger partial charge in [-0.1, -0.05) is 6.42 Å². The minimum atomic E-state index is -0.122. The van der Waals surface area contributed by atoms with Gasteiger partial charge in [0, 0.05) is 18.1 Å². The van der Waals surface area contributed by atoms with Gasteiger partial charge in [-0.25, -0.2) is 0 Å². The molecule has 1 saturated heterocycles. The number of hydrogen-bond donors (Lipinski definition) is 2. The lowest BCUT2D eigenvalue weighted by Gasteiger charge is -2.29. The van der Waals surface area contributed by atoms with E-state index in [-0.39, 0.29) is 12.0 Å². The van der Waals surface area contributed by atoms with E-state index in [1.54, 1.807) is 0 Å². The van der Waals surface area contributed by atoms with Crippen LogP contribution in [0, 0.1) is 5.92 Å². The Kier molecular flexibility index (Phi) is 5.01. The molecule has 2 aliphatic rings. The highest BCUT2D eigenvalue weighted by Crippen LogP contribution is 2.32. The van der Waals surface area contributed by atoms with Crippen LogP contribution < -0.4 is 10.6 Å². The summed E-state index contributed by atoms with van der Waals surface area (Å²) in [5, 5.41) is 7.25. The van der Waals surface area contributed by atoms with E-state index in [2.05, 4.69) is 17.6 Å². The largest absolute Gasteiger partial charge is 0.469 e. The number of ether oxygens (including phenoxy) is 1. The van der Waals surface area contributed by atoms with E-state index >= 15 is 0 Å². The maximum absolute atomic E-state index is 11.3. The molecule has 18 heavy (non-hydrogen) atoms. The number of nitrogens with one attached hydrogen (secondary N) is 2. The number of hydrogen-bond acceptors (Lipinski definition) is 4. The summed E-state index contributed by atoms with van der Waals surface area (Å²) in [5.41, 5.74) is 0. The molecule has 4 nitrogen and oxygen atoms in total. The summed E-state index contributed by atoms with van der Waals surface area (Å²) in [6, 6.07) is 1.47. The van der Waals surface area contributed by atoms with Crippen molar-refractivity contribution in [3.05, 3.63) is 0 Å². The van der Waals surface area contributed by atoms with Crippen LogP contribution in [0.5, 0.6) is 0 Å². The molecular formula is C14H26N2O2. The molecular weight excluding hydrogens is 228 g/mol. The molecule has 2 rings (SSSR count). The predicted molar refractivity (Wildman–Crippen MR) is 71.4 cm³/mol. The highest BCUT2D eigenvalue weighted by Gasteiger charge is 2.35. The summed E-state index contributed by atoms with van der Waals surface area (Å²) in [6.07, 6.45) is 6.97. The normalized spacial score (nSPS) is 33.6. The van der Waals surface area contributed by atoms with Crippen LogP contribution >= 0.6 is 0 Å². The Morgan fingerprint density at radius 3 is 2.89 bits per heavy atom. The van der Waals surface area contributed by atoms with Crippen LogP contribution in [0.3, 0.4) is 0 Å². The summed E-state index contributed by atoms with van der Waals surface area (Å²) in [7, 11) is 1.45. The Labute approximate surface area is 110 Å². The topological polar surface area (TPSA) is 50.4 Å². The zero-order valence-corrected chi connectivity index (χ0v) is 11.6. The monoisotopic (exact) mass is 254 g/mol. The fraction of sp³-hybridized carbons (Fsp3) is 0.929. The van der Waals surface area contributed by atoms with Gasteiger partial charge in [-0.05, 0) is 45.1 Å². The molecule has 0 spiro atoms. The molecule has 0 aromatic carbocycles. The smallest absolute Gasteiger partial charge is 0.307 e. The Morgan fingerprint density at radius 1 is 1.39 bits per heavy atom. The lowest BCUT2D eigenvalue weighted by molar-refractivity contribution is -0.141. The predicted octanol–water partition coefficient (Wildman–Crippen LogP) is 1.45. The second-order valence-electron chi connectivity index (χ2n) is 5.75. The van der Waals surface area contributed by atoms with Crippen molar-refractivity contribution < 1.29 is 9.53 Å². The third-order valence-electron chi connectivity index (χ3n) is 4.38. The molecule has 1 heterocycles. The lowest BCUT2D eigenvalue weighted by atomic mass is 9.92. The number of rotatable bonds is 5. The zero-order chi connectivity index (χ0) is 13.0. The highest BCUT2D eigenvalue weighted by atomic mass is 16.5. The quantitative estimate of drug-likeness (QED) is 0.729. The van der Waals surface area contributed by atoms with E-state index < -0.39 is 0 Å². The van der Waals surface area contributed by atoms with Crippen LogP contribution in [0.2, 0.25) is 0 Å². The van der Waals surface area contributed by atoms with Crippen molar-refractivity contribution in [2.24, 2.45) is 5.92 Å². The zero-order valence-electron chi connectivity index (χ0n) is 11.6. The summed E-state index contributed by atoms with van der Waals surface area (Å²) in [6.45, 7) is 3.25. The second kappa shape index (κ2) is 6.53. The fourth-order valence-electron chi connectivity index (χ4n) is 3.51. The molecule has 1 saturated carbocycles. The van der Waals surface area contributed by atoms with Gasteiger partial charge >= 0.3 is 5.97 Å². The SMILES string of the molecule is COC(=O)CC(C)NC1CCCC1C1CCCN1. The number of methoxy groups -OCH3 is 1. The van der Waals surface area contributed by atoms with Crippen LogP contribution in [-0.4, -0.2) is 37.7 Å². The van der Waals surface area contributed by atoms with Crippen LogP contribution in [-0.2, 0) is 9.53 Å². The Balaban J connectivity index is 1.81. The fourth-order valence-corrected chi connectivity index (χ4v) is 3.51. The molecule has 0 aromatic heterocycles. The molecule has 0 bridgehead atoms.